The molecule has 0 fully saturated rings. The first kappa shape index (κ1) is 55.0. The zero-order valence-electron chi connectivity index (χ0n) is 43.2. The van der Waals surface area contributed by atoms with Crippen LogP contribution in [0.5, 0.6) is 0 Å². The maximum Gasteiger partial charge on any atom is 0.337 e. The highest BCUT2D eigenvalue weighted by atomic mass is 35.5. The quantitative estimate of drug-likeness (QED) is 0.0219. The van der Waals surface area contributed by atoms with Gasteiger partial charge in [0.1, 0.15) is 11.7 Å². The number of methoxy groups -OCH3 is 1. The lowest BCUT2D eigenvalue weighted by atomic mass is 9.97. The number of hydrogen-bond acceptors (Lipinski definition) is 10. The highest BCUT2D eigenvalue weighted by molar-refractivity contribution is 6.31. The Kier molecular flexibility index (Phi) is 17.8. The third kappa shape index (κ3) is 14.8. The summed E-state index contributed by atoms with van der Waals surface area (Å²) in [5.41, 5.74) is 13.5. The van der Waals surface area contributed by atoms with Gasteiger partial charge < -0.3 is 58.3 Å². The maximum absolute atomic E-state index is 13.9. The molecule has 1 aliphatic rings. The van der Waals surface area contributed by atoms with Gasteiger partial charge in [-0.2, -0.15) is 0 Å². The van der Waals surface area contributed by atoms with Crippen molar-refractivity contribution in [2.45, 2.75) is 32.4 Å². The highest BCUT2D eigenvalue weighted by Crippen LogP contribution is 2.32. The Morgan fingerprint density at radius 1 is 0.544 bits per heavy atom. The topological polar surface area (TPSA) is 277 Å². The van der Waals surface area contributed by atoms with Crippen molar-refractivity contribution >= 4 is 98.6 Å². The van der Waals surface area contributed by atoms with E-state index in [1.807, 2.05) is 68.5 Å². The number of anilines is 8. The fourth-order valence-corrected chi connectivity index (χ4v) is 8.59. The van der Waals surface area contributed by atoms with E-state index in [1.165, 1.54) is 7.11 Å². The van der Waals surface area contributed by atoms with Gasteiger partial charge in [-0.1, -0.05) is 78.4 Å². The van der Waals surface area contributed by atoms with E-state index < -0.39 is 29.9 Å². The van der Waals surface area contributed by atoms with Gasteiger partial charge in [0.25, 0.3) is 11.8 Å². The van der Waals surface area contributed by atoms with E-state index in [1.54, 1.807) is 127 Å². The van der Waals surface area contributed by atoms with E-state index in [9.17, 15) is 29.4 Å². The fourth-order valence-electron chi connectivity index (χ4n) is 8.40. The molecule has 1 aliphatic carbocycles. The van der Waals surface area contributed by atoms with Crippen molar-refractivity contribution in [3.8, 4) is 0 Å². The number of esters is 1. The molecule has 18 nitrogen and oxygen atoms in total. The van der Waals surface area contributed by atoms with E-state index >= 15 is 0 Å². The van der Waals surface area contributed by atoms with Crippen molar-refractivity contribution in [3.63, 3.8) is 0 Å². The number of nitrogens with two attached hydrogens (primary N) is 1. The molecule has 3 atom stereocenters. The molecule has 400 valence electrons. The summed E-state index contributed by atoms with van der Waals surface area (Å²) >= 11 is 6.23. The third-order valence-electron chi connectivity index (χ3n) is 12.6. The van der Waals surface area contributed by atoms with Crippen LogP contribution in [0.2, 0.25) is 5.02 Å². The van der Waals surface area contributed by atoms with Crippen LogP contribution in [0, 0.1) is 16.7 Å². The van der Waals surface area contributed by atoms with Crippen LogP contribution in [0.15, 0.2) is 188 Å². The van der Waals surface area contributed by atoms with Crippen LogP contribution < -0.4 is 53.6 Å². The molecule has 7 aromatic carbocycles. The van der Waals surface area contributed by atoms with Crippen LogP contribution in [0.4, 0.5) is 55.1 Å². The van der Waals surface area contributed by atoms with Crippen LogP contribution >= 0.6 is 11.6 Å². The number of nitrogens with one attached hydrogen (secondary N) is 11. The largest absolute Gasteiger partial charge is 0.465 e. The zero-order valence-corrected chi connectivity index (χ0v) is 43.9. The average Bonchev–Trinajstić information content (AvgIpc) is 3.45. The second-order valence-corrected chi connectivity index (χ2v) is 18.7. The molecule has 0 spiro atoms. The van der Waals surface area contributed by atoms with Crippen molar-refractivity contribution in [3.05, 3.63) is 226 Å². The number of amides is 6. The molecule has 0 bridgehead atoms. The molecule has 19 heteroatoms. The Hall–Kier alpha value is -10.2. The molecule has 7 aromatic rings. The normalized spacial score (nSPS) is 13.2. The van der Waals surface area contributed by atoms with Gasteiger partial charge in [0.05, 0.1) is 46.7 Å². The number of hydrogen-bond donors (Lipinski definition) is 12. The van der Waals surface area contributed by atoms with Gasteiger partial charge in [0, 0.05) is 56.9 Å². The van der Waals surface area contributed by atoms with Crippen LogP contribution in [-0.2, 0) is 4.74 Å². The number of urea groups is 2. The number of halogens is 1. The molecular weight excluding hydrogens is 1020 g/mol. The zero-order chi connectivity index (χ0) is 56.0. The summed E-state index contributed by atoms with van der Waals surface area (Å²) < 4.78 is 4.78. The van der Waals surface area contributed by atoms with Gasteiger partial charge >= 0.3 is 18.0 Å². The minimum atomic E-state index is -0.505. The number of carbonyl (C=O) groups excluding carboxylic acids is 5. The second-order valence-electron chi connectivity index (χ2n) is 18.3. The minimum absolute atomic E-state index is 0.0777. The minimum Gasteiger partial charge on any atom is -0.465 e. The molecule has 13 N–H and O–H groups in total. The summed E-state index contributed by atoms with van der Waals surface area (Å²) in [4.78, 5) is 65.4. The van der Waals surface area contributed by atoms with Crippen LogP contribution in [-0.4, -0.2) is 48.6 Å². The summed E-state index contributed by atoms with van der Waals surface area (Å²) in [5, 5.41) is 44.6. The van der Waals surface area contributed by atoms with Gasteiger partial charge in [0.15, 0.2) is 0 Å². The van der Waals surface area contributed by atoms with Gasteiger partial charge in [0.2, 0.25) is 0 Å². The first-order valence-corrected chi connectivity index (χ1v) is 25.3. The summed E-state index contributed by atoms with van der Waals surface area (Å²) in [6.45, 7) is 3.89. The second kappa shape index (κ2) is 25.6. The average molecular weight is 1080 g/mol. The van der Waals surface area contributed by atoms with Gasteiger partial charge in [-0.15, -0.1) is 0 Å². The first-order valence-electron chi connectivity index (χ1n) is 24.9. The van der Waals surface area contributed by atoms with Crippen molar-refractivity contribution in [2.75, 3.05) is 49.6 Å². The molecule has 0 heterocycles. The SMILES string of the molecule is COC(=O)c1cccc(NC(=O)c2ccc(C(C)Nc3ccccc3NC(=O)NC3=CCC(C(=N)Nc4cc(C(C)Nc5ccccc5NC(=O)Nc5ccc(C(=N)N)cc5)ccc4C(=O)Nc4cccc(Cl)c4)C=C3)cc2)c1. The van der Waals surface area contributed by atoms with Crippen molar-refractivity contribution in [1.29, 1.82) is 10.8 Å². The molecule has 3 unspecified atom stereocenters. The van der Waals surface area contributed by atoms with Crippen molar-refractivity contribution in [1.82, 2.24) is 5.32 Å². The number of carbonyl (C=O) groups is 5. The predicted molar refractivity (Wildman–Crippen MR) is 314 cm³/mol. The number of allylic oxidation sites excluding steroid dienone is 2. The van der Waals surface area contributed by atoms with Crippen LogP contribution in [0.1, 0.15) is 80.1 Å². The summed E-state index contributed by atoms with van der Waals surface area (Å²) in [6.07, 6.45) is 5.71. The third-order valence-corrected chi connectivity index (χ3v) is 12.9. The lowest BCUT2D eigenvalue weighted by Crippen LogP contribution is -2.30. The lowest BCUT2D eigenvalue weighted by Gasteiger charge is -2.23. The smallest absolute Gasteiger partial charge is 0.337 e. The molecular formula is C60H57ClN12O6. The number of nitrogen functional groups attached to an aromatic ring is 1. The summed E-state index contributed by atoms with van der Waals surface area (Å²) in [7, 11) is 1.29. The van der Waals surface area contributed by atoms with Gasteiger partial charge in [-0.25, -0.2) is 14.4 Å². The molecule has 0 aromatic heterocycles. The fraction of sp³-hybridized carbons (Fsp3) is 0.117. The highest BCUT2D eigenvalue weighted by Gasteiger charge is 2.22. The molecule has 0 aliphatic heterocycles. The van der Waals surface area contributed by atoms with E-state index in [4.69, 9.17) is 27.5 Å². The number of rotatable bonds is 18. The van der Waals surface area contributed by atoms with Gasteiger partial charge in [-0.3, -0.25) is 20.4 Å². The van der Waals surface area contributed by atoms with Crippen LogP contribution in [0.3, 0.4) is 0 Å². The van der Waals surface area contributed by atoms with E-state index in [0.717, 1.165) is 11.1 Å². The van der Waals surface area contributed by atoms with E-state index in [0.29, 0.717) is 79.3 Å². The molecule has 79 heavy (non-hydrogen) atoms. The Morgan fingerprint density at radius 3 is 1.72 bits per heavy atom. The predicted octanol–water partition coefficient (Wildman–Crippen LogP) is 12.6. The number of amidine groups is 2. The Morgan fingerprint density at radius 2 is 1.11 bits per heavy atom. The first-order chi connectivity index (χ1) is 38.1. The lowest BCUT2D eigenvalue weighted by molar-refractivity contribution is 0.0600. The number of benzene rings is 7. The standard InChI is InChI=1S/C60H57ClN12O6/c1-35(37-18-20-40(21-19-37)56(74)67-46-12-8-10-42(32-46)58(76)79-3)65-49-14-4-6-16-51(49)72-60(78)70-45-29-24-39(25-30-45)55(64)71-53-33-41(26-31-48(53)57(75)68-47-13-9-11-43(61)34-47)36(2)66-50-15-5-7-17-52(50)73-59(77)69-44-27-22-38(23-28-44)54(62)63/h4-24,26-36,39,65-66H,25H2,1-3H3,(H3,62,63)(H2,64,71)(H,67,74)(H,68,75)(H2,69,73,77)(H2,70,72,78). The maximum atomic E-state index is 13.9. The van der Waals surface area contributed by atoms with E-state index in [-0.39, 0.29) is 35.2 Å². The van der Waals surface area contributed by atoms with Gasteiger partial charge in [-0.05, 0) is 147 Å². The molecule has 0 radical (unpaired) electrons. The Bertz CT molecular complexity index is 3510. The molecule has 0 saturated carbocycles. The Labute approximate surface area is 461 Å². The molecule has 6 amide bonds. The summed E-state index contributed by atoms with van der Waals surface area (Å²) in [6, 6.07) is 45.3. The van der Waals surface area contributed by atoms with Crippen molar-refractivity contribution < 1.29 is 28.7 Å². The van der Waals surface area contributed by atoms with Crippen LogP contribution in [0.25, 0.3) is 0 Å². The Balaban J connectivity index is 0.885. The molecule has 8 rings (SSSR count). The number of para-hydroxylation sites is 4. The molecule has 0 saturated heterocycles. The number of ether oxygens (including phenoxy) is 1. The van der Waals surface area contributed by atoms with Crippen molar-refractivity contribution in [2.24, 2.45) is 11.7 Å². The van der Waals surface area contributed by atoms with E-state index in [2.05, 4.69) is 47.9 Å². The monoisotopic (exact) mass is 1080 g/mol. The summed E-state index contributed by atoms with van der Waals surface area (Å²) in [5.74, 6) is -1.68.